The number of hydrazone groups is 1. The molecule has 5 rings (SSSR count). The van der Waals surface area contributed by atoms with E-state index in [9.17, 15) is 4.79 Å². The lowest BCUT2D eigenvalue weighted by Crippen LogP contribution is -2.38. The third-order valence-electron chi connectivity index (χ3n) is 6.59. The molecule has 1 amide bonds. The number of hydrogen-bond donors (Lipinski definition) is 2. The maximum atomic E-state index is 12.2. The first kappa shape index (κ1) is 21.4. The lowest BCUT2D eigenvalue weighted by Gasteiger charge is -2.22. The molecule has 1 heterocycles. The molecule has 1 aliphatic rings. The smallest absolute Gasteiger partial charge is 0.254 e. The summed E-state index contributed by atoms with van der Waals surface area (Å²) in [5.41, 5.74) is 6.10. The Morgan fingerprint density at radius 1 is 0.939 bits per heavy atom. The number of hydrogen-bond acceptors (Lipinski definition) is 3. The van der Waals surface area contributed by atoms with Crippen LogP contribution in [0.1, 0.15) is 43.2 Å². The molecule has 1 saturated carbocycles. The van der Waals surface area contributed by atoms with E-state index in [1.807, 2.05) is 6.07 Å². The number of para-hydroxylation sites is 1. The molecule has 2 N–H and O–H groups in total. The normalized spacial score (nSPS) is 14.9. The monoisotopic (exact) mass is 438 g/mol. The number of aromatic nitrogens is 1. The highest BCUT2D eigenvalue weighted by molar-refractivity contribution is 6.00. The van der Waals surface area contributed by atoms with Crippen LogP contribution >= 0.6 is 0 Å². The number of nitrogens with one attached hydrogen (secondary N) is 2. The highest BCUT2D eigenvalue weighted by atomic mass is 16.2. The zero-order valence-corrected chi connectivity index (χ0v) is 18.8. The van der Waals surface area contributed by atoms with Crippen molar-refractivity contribution in [3.05, 3.63) is 84.1 Å². The fourth-order valence-corrected chi connectivity index (χ4v) is 4.88. The first-order chi connectivity index (χ1) is 16.3. The van der Waals surface area contributed by atoms with Crippen LogP contribution in [-0.4, -0.2) is 29.3 Å². The first-order valence-electron chi connectivity index (χ1n) is 11.9. The summed E-state index contributed by atoms with van der Waals surface area (Å²) in [5, 5.41) is 11.2. The van der Waals surface area contributed by atoms with Gasteiger partial charge in [0.05, 0.1) is 12.8 Å². The van der Waals surface area contributed by atoms with E-state index in [1.165, 1.54) is 35.6 Å². The van der Waals surface area contributed by atoms with Crippen molar-refractivity contribution in [3.8, 4) is 0 Å². The Labute approximate surface area is 194 Å². The maximum Gasteiger partial charge on any atom is 0.254 e. The fraction of sp³-hybridized carbons (Fsp3) is 0.286. The number of fused-ring (bicyclic) bond motifs is 2. The Balaban J connectivity index is 1.30. The van der Waals surface area contributed by atoms with Crippen LogP contribution in [0.4, 0.5) is 0 Å². The lowest BCUT2D eigenvalue weighted by molar-refractivity contribution is -0.120. The molecule has 1 fully saturated rings. The van der Waals surface area contributed by atoms with Gasteiger partial charge in [-0.05, 0) is 35.2 Å². The lowest BCUT2D eigenvalue weighted by atomic mass is 9.95. The van der Waals surface area contributed by atoms with Gasteiger partial charge in [-0.3, -0.25) is 4.79 Å². The molecule has 0 bridgehead atoms. The van der Waals surface area contributed by atoms with Crippen molar-refractivity contribution in [2.45, 2.75) is 44.7 Å². The van der Waals surface area contributed by atoms with Gasteiger partial charge in [-0.2, -0.15) is 5.10 Å². The molecule has 1 aromatic heterocycles. The van der Waals surface area contributed by atoms with Crippen LogP contribution in [-0.2, 0) is 11.3 Å². The average molecular weight is 439 g/mol. The fourth-order valence-electron chi connectivity index (χ4n) is 4.88. The van der Waals surface area contributed by atoms with Gasteiger partial charge in [0.15, 0.2) is 0 Å². The van der Waals surface area contributed by atoms with E-state index in [4.69, 9.17) is 0 Å². The number of benzene rings is 3. The van der Waals surface area contributed by atoms with Crippen LogP contribution in [0.2, 0.25) is 0 Å². The zero-order valence-electron chi connectivity index (χ0n) is 18.8. The Morgan fingerprint density at radius 2 is 1.70 bits per heavy atom. The second-order valence-electron chi connectivity index (χ2n) is 8.88. The van der Waals surface area contributed by atoms with Gasteiger partial charge in [0.1, 0.15) is 0 Å². The second kappa shape index (κ2) is 10.0. The third-order valence-corrected chi connectivity index (χ3v) is 6.59. The molecule has 5 nitrogen and oxygen atoms in total. The average Bonchev–Trinajstić information content (AvgIpc) is 3.21. The summed E-state index contributed by atoms with van der Waals surface area (Å²) in [6.45, 7) is 1.08. The quantitative estimate of drug-likeness (QED) is 0.307. The molecular formula is C28H30N4O. The minimum atomic E-state index is -0.101. The van der Waals surface area contributed by atoms with Crippen molar-refractivity contribution >= 4 is 33.8 Å². The second-order valence-corrected chi connectivity index (χ2v) is 8.88. The van der Waals surface area contributed by atoms with Crippen LogP contribution in [0.5, 0.6) is 0 Å². The van der Waals surface area contributed by atoms with Crippen LogP contribution in [0, 0.1) is 0 Å². The highest BCUT2D eigenvalue weighted by Crippen LogP contribution is 2.24. The molecule has 168 valence electrons. The van der Waals surface area contributed by atoms with Crippen molar-refractivity contribution < 1.29 is 4.79 Å². The molecule has 4 aromatic rings. The van der Waals surface area contributed by atoms with Gasteiger partial charge in [0.25, 0.3) is 5.91 Å². The van der Waals surface area contributed by atoms with Crippen molar-refractivity contribution in [2.75, 3.05) is 6.54 Å². The van der Waals surface area contributed by atoms with Gasteiger partial charge in [0.2, 0.25) is 0 Å². The predicted molar refractivity (Wildman–Crippen MR) is 136 cm³/mol. The summed E-state index contributed by atoms with van der Waals surface area (Å²) >= 11 is 0. The summed E-state index contributed by atoms with van der Waals surface area (Å²) in [5.74, 6) is -0.101. The Bertz CT molecular complexity index is 1280. The summed E-state index contributed by atoms with van der Waals surface area (Å²) in [6.07, 6.45) is 9.99. The van der Waals surface area contributed by atoms with E-state index < -0.39 is 0 Å². The van der Waals surface area contributed by atoms with Crippen molar-refractivity contribution in [1.82, 2.24) is 15.3 Å². The van der Waals surface area contributed by atoms with Gasteiger partial charge in [-0.25, -0.2) is 5.43 Å². The van der Waals surface area contributed by atoms with E-state index in [1.54, 1.807) is 6.21 Å². The molecule has 3 aromatic carbocycles. The van der Waals surface area contributed by atoms with E-state index in [-0.39, 0.29) is 5.91 Å². The van der Waals surface area contributed by atoms with Crippen LogP contribution in [0.3, 0.4) is 0 Å². The maximum absolute atomic E-state index is 12.2. The van der Waals surface area contributed by atoms with Crippen LogP contribution < -0.4 is 10.7 Å². The molecule has 0 atom stereocenters. The molecule has 1 aliphatic carbocycles. The van der Waals surface area contributed by atoms with Crippen molar-refractivity contribution in [1.29, 1.82) is 0 Å². The summed E-state index contributed by atoms with van der Waals surface area (Å²) in [6, 6.07) is 23.7. The molecule has 0 unspecified atom stereocenters. The van der Waals surface area contributed by atoms with Gasteiger partial charge < -0.3 is 9.88 Å². The highest BCUT2D eigenvalue weighted by Gasteiger charge is 2.14. The van der Waals surface area contributed by atoms with Crippen molar-refractivity contribution in [3.63, 3.8) is 0 Å². The van der Waals surface area contributed by atoms with E-state index in [2.05, 4.69) is 87.3 Å². The van der Waals surface area contributed by atoms with Crippen LogP contribution in [0.25, 0.3) is 21.7 Å². The predicted octanol–water partition coefficient (Wildman–Crippen LogP) is 5.22. The Hall–Kier alpha value is -3.44. The molecule has 0 aliphatic heterocycles. The third kappa shape index (κ3) is 4.99. The summed E-state index contributed by atoms with van der Waals surface area (Å²) < 4.78 is 2.25. The SMILES string of the molecule is O=C(CNC1CCCCC1)N/N=C\c1cn(Cc2cccc3ccccc23)c2ccccc12. The Morgan fingerprint density at radius 3 is 2.58 bits per heavy atom. The number of amides is 1. The minimum absolute atomic E-state index is 0.101. The topological polar surface area (TPSA) is 58.4 Å². The molecule has 0 saturated heterocycles. The number of carbonyl (C=O) groups is 1. The van der Waals surface area contributed by atoms with Gasteiger partial charge >= 0.3 is 0 Å². The number of nitrogens with zero attached hydrogens (tertiary/aromatic N) is 2. The molecule has 33 heavy (non-hydrogen) atoms. The molecule has 0 radical (unpaired) electrons. The molecular weight excluding hydrogens is 408 g/mol. The van der Waals surface area contributed by atoms with Gasteiger partial charge in [-0.15, -0.1) is 0 Å². The Kier molecular flexibility index (Phi) is 6.49. The van der Waals surface area contributed by atoms with Gasteiger partial charge in [-0.1, -0.05) is 79.9 Å². The standard InChI is InChI=1S/C28H30N4O/c33-28(18-29-24-12-2-1-3-13-24)31-30-17-23-20-32(27-16-7-6-15-26(23)27)19-22-11-8-10-21-9-4-5-14-25(21)22/h4-11,14-17,20,24,29H,1-3,12-13,18-19H2,(H,31,33)/b30-17-. The van der Waals surface area contributed by atoms with E-state index in [0.29, 0.717) is 12.6 Å². The minimum Gasteiger partial charge on any atom is -0.342 e. The largest absolute Gasteiger partial charge is 0.342 e. The van der Waals surface area contributed by atoms with E-state index in [0.717, 1.165) is 35.9 Å². The number of rotatable bonds is 7. The first-order valence-corrected chi connectivity index (χ1v) is 11.9. The number of carbonyl (C=O) groups excluding carboxylic acids is 1. The summed E-state index contributed by atoms with van der Waals surface area (Å²) in [7, 11) is 0. The molecule has 0 spiro atoms. The summed E-state index contributed by atoms with van der Waals surface area (Å²) in [4.78, 5) is 12.2. The zero-order chi connectivity index (χ0) is 22.5. The van der Waals surface area contributed by atoms with Gasteiger partial charge in [0, 0.05) is 35.2 Å². The molecule has 5 heteroatoms. The van der Waals surface area contributed by atoms with Crippen LogP contribution in [0.15, 0.2) is 78.0 Å². The van der Waals surface area contributed by atoms with E-state index >= 15 is 0 Å². The van der Waals surface area contributed by atoms with Crippen molar-refractivity contribution in [2.24, 2.45) is 5.10 Å².